The van der Waals surface area contributed by atoms with Crippen LogP contribution in [0.4, 0.5) is 5.69 Å². The molecule has 3 rings (SSSR count). The lowest BCUT2D eigenvalue weighted by Crippen LogP contribution is -2.44. The summed E-state index contributed by atoms with van der Waals surface area (Å²) < 4.78 is 0. The molecule has 0 aliphatic carbocycles. The lowest BCUT2D eigenvalue weighted by Gasteiger charge is -2.30. The Hall–Kier alpha value is -1.30. The predicted octanol–water partition coefficient (Wildman–Crippen LogP) is 3.35. The Labute approximate surface area is 172 Å². The number of carbonyl (C=O) groups excluding carboxylic acids is 2. The van der Waals surface area contributed by atoms with Gasteiger partial charge >= 0.3 is 0 Å². The topological polar surface area (TPSA) is 52.7 Å². The quantitative estimate of drug-likeness (QED) is 0.804. The van der Waals surface area contributed by atoms with Crippen molar-refractivity contribution in [3.8, 4) is 0 Å². The number of hydrogen-bond acceptors (Lipinski definition) is 3. The van der Waals surface area contributed by atoms with Gasteiger partial charge in [0.05, 0.1) is 10.7 Å². The van der Waals surface area contributed by atoms with E-state index in [-0.39, 0.29) is 30.3 Å². The molecule has 2 fully saturated rings. The lowest BCUT2D eigenvalue weighted by molar-refractivity contribution is -0.137. The van der Waals surface area contributed by atoms with Crippen molar-refractivity contribution < 1.29 is 9.59 Å². The van der Waals surface area contributed by atoms with E-state index in [1.165, 1.54) is 0 Å². The van der Waals surface area contributed by atoms with Gasteiger partial charge in [0.1, 0.15) is 6.04 Å². The van der Waals surface area contributed by atoms with E-state index >= 15 is 0 Å². The Morgan fingerprint density at radius 1 is 1.30 bits per heavy atom. The highest BCUT2D eigenvalue weighted by molar-refractivity contribution is 6.34. The van der Waals surface area contributed by atoms with E-state index in [0.717, 1.165) is 31.6 Å². The van der Waals surface area contributed by atoms with Gasteiger partial charge in [0.2, 0.25) is 11.8 Å². The van der Waals surface area contributed by atoms with Crippen molar-refractivity contribution in [3.63, 3.8) is 0 Å². The van der Waals surface area contributed by atoms with Crippen molar-refractivity contribution in [2.24, 2.45) is 11.8 Å². The van der Waals surface area contributed by atoms with Gasteiger partial charge in [-0.15, -0.1) is 12.4 Å². The summed E-state index contributed by atoms with van der Waals surface area (Å²) in [5.41, 5.74) is 0.727. The molecule has 7 heteroatoms. The fraction of sp³-hybridized carbons (Fsp3) is 0.600. The number of carbonyl (C=O) groups is 2. The van der Waals surface area contributed by atoms with Crippen LogP contribution in [0.1, 0.15) is 32.6 Å². The fourth-order valence-electron chi connectivity index (χ4n) is 4.11. The summed E-state index contributed by atoms with van der Waals surface area (Å²) in [6.07, 6.45) is 3.41. The molecule has 2 saturated heterocycles. The number of amides is 2. The molecule has 150 valence electrons. The standard InChI is InChI=1S/C20H28ClN3O2.ClH/c1-14(15-7-10-22-11-8-15)13-19(25)23(2)18-9-12-24(20(18)26)17-6-4-3-5-16(17)21;/h3-6,14-15,18,22H,7-13H2,1-2H3;1H. The molecule has 0 spiro atoms. The SMILES string of the molecule is CC(CC(=O)N(C)C1CCN(c2ccccc2Cl)C1=O)C1CCNCC1.Cl. The Bertz CT molecular complexity index is 664. The Morgan fingerprint density at radius 3 is 2.63 bits per heavy atom. The minimum absolute atomic E-state index is 0. The summed E-state index contributed by atoms with van der Waals surface area (Å²) in [4.78, 5) is 29.0. The molecule has 0 radical (unpaired) electrons. The summed E-state index contributed by atoms with van der Waals surface area (Å²) in [7, 11) is 1.76. The average molecular weight is 414 g/mol. The molecular weight excluding hydrogens is 385 g/mol. The Kier molecular flexibility index (Phi) is 7.95. The highest BCUT2D eigenvalue weighted by Gasteiger charge is 2.38. The maximum atomic E-state index is 12.9. The maximum absolute atomic E-state index is 12.9. The highest BCUT2D eigenvalue weighted by Crippen LogP contribution is 2.31. The molecule has 0 aromatic heterocycles. The summed E-state index contributed by atoms with van der Waals surface area (Å²) in [6.45, 7) is 4.82. The van der Waals surface area contributed by atoms with Crippen LogP contribution in [0.25, 0.3) is 0 Å². The van der Waals surface area contributed by atoms with E-state index in [1.54, 1.807) is 22.9 Å². The minimum atomic E-state index is -0.390. The largest absolute Gasteiger partial charge is 0.334 e. The third kappa shape index (κ3) is 4.95. The van der Waals surface area contributed by atoms with Gasteiger partial charge in [0.25, 0.3) is 0 Å². The van der Waals surface area contributed by atoms with Crippen LogP contribution < -0.4 is 10.2 Å². The molecule has 1 N–H and O–H groups in total. The molecule has 0 saturated carbocycles. The van der Waals surface area contributed by atoms with E-state index in [9.17, 15) is 9.59 Å². The van der Waals surface area contributed by atoms with Crippen molar-refractivity contribution in [3.05, 3.63) is 29.3 Å². The van der Waals surface area contributed by atoms with Gasteiger partial charge in [0.15, 0.2) is 0 Å². The van der Waals surface area contributed by atoms with E-state index in [2.05, 4.69) is 12.2 Å². The summed E-state index contributed by atoms with van der Waals surface area (Å²) in [5, 5.41) is 3.93. The first-order valence-electron chi connectivity index (χ1n) is 9.51. The van der Waals surface area contributed by atoms with Crippen molar-refractivity contribution in [2.45, 2.75) is 38.6 Å². The first-order valence-corrected chi connectivity index (χ1v) is 9.89. The number of hydrogen-bond donors (Lipinski definition) is 1. The van der Waals surface area contributed by atoms with Crippen LogP contribution in [-0.4, -0.2) is 49.4 Å². The number of anilines is 1. The number of nitrogens with one attached hydrogen (secondary N) is 1. The summed E-state index contributed by atoms with van der Waals surface area (Å²) in [6, 6.07) is 6.97. The number of halogens is 2. The molecule has 2 unspecified atom stereocenters. The van der Waals surface area contributed by atoms with Crippen molar-refractivity contribution in [1.82, 2.24) is 10.2 Å². The summed E-state index contributed by atoms with van der Waals surface area (Å²) in [5.74, 6) is 0.967. The number of para-hydroxylation sites is 1. The number of likely N-dealkylation sites (N-methyl/N-ethyl adjacent to an activating group) is 1. The van der Waals surface area contributed by atoms with Crippen LogP contribution in [0.15, 0.2) is 24.3 Å². The van der Waals surface area contributed by atoms with Gasteiger partial charge in [-0.3, -0.25) is 9.59 Å². The third-order valence-corrected chi connectivity index (χ3v) is 6.19. The van der Waals surface area contributed by atoms with Crippen LogP contribution in [-0.2, 0) is 9.59 Å². The van der Waals surface area contributed by atoms with Crippen molar-refractivity contribution in [2.75, 3.05) is 31.6 Å². The molecule has 2 aliphatic heterocycles. The highest BCUT2D eigenvalue weighted by atomic mass is 35.5. The molecular formula is C20H29Cl2N3O2. The second kappa shape index (κ2) is 9.76. The second-order valence-corrected chi connectivity index (χ2v) is 7.93. The Morgan fingerprint density at radius 2 is 1.96 bits per heavy atom. The fourth-order valence-corrected chi connectivity index (χ4v) is 4.34. The molecule has 0 bridgehead atoms. The molecule has 5 nitrogen and oxygen atoms in total. The van der Waals surface area contributed by atoms with Crippen molar-refractivity contribution >= 4 is 41.5 Å². The van der Waals surface area contributed by atoms with Gasteiger partial charge in [-0.1, -0.05) is 30.7 Å². The predicted molar refractivity (Wildman–Crippen MR) is 112 cm³/mol. The second-order valence-electron chi connectivity index (χ2n) is 7.52. The van der Waals surface area contributed by atoms with Crippen LogP contribution in [0.3, 0.4) is 0 Å². The van der Waals surface area contributed by atoms with E-state index in [1.807, 2.05) is 18.2 Å². The third-order valence-electron chi connectivity index (χ3n) is 5.87. The van der Waals surface area contributed by atoms with E-state index in [4.69, 9.17) is 11.6 Å². The van der Waals surface area contributed by atoms with Gasteiger partial charge in [0, 0.05) is 20.0 Å². The van der Waals surface area contributed by atoms with Crippen LogP contribution in [0, 0.1) is 11.8 Å². The van der Waals surface area contributed by atoms with Crippen LogP contribution in [0.5, 0.6) is 0 Å². The van der Waals surface area contributed by atoms with E-state index < -0.39 is 0 Å². The molecule has 2 heterocycles. The number of nitrogens with zero attached hydrogens (tertiary/aromatic N) is 2. The van der Waals surface area contributed by atoms with Gasteiger partial charge < -0.3 is 15.1 Å². The normalized spacial score (nSPS) is 21.7. The van der Waals surface area contributed by atoms with Crippen LogP contribution in [0.2, 0.25) is 5.02 Å². The lowest BCUT2D eigenvalue weighted by atomic mass is 9.84. The average Bonchev–Trinajstić information content (AvgIpc) is 3.03. The molecule has 2 atom stereocenters. The molecule has 2 aliphatic rings. The maximum Gasteiger partial charge on any atom is 0.249 e. The molecule has 1 aromatic carbocycles. The van der Waals surface area contributed by atoms with Gasteiger partial charge in [-0.25, -0.2) is 0 Å². The molecule has 27 heavy (non-hydrogen) atoms. The zero-order chi connectivity index (χ0) is 18.7. The van der Waals surface area contributed by atoms with Gasteiger partial charge in [-0.2, -0.15) is 0 Å². The molecule has 2 amide bonds. The Balaban J connectivity index is 0.00000261. The monoisotopic (exact) mass is 413 g/mol. The zero-order valence-electron chi connectivity index (χ0n) is 16.0. The number of benzene rings is 1. The number of piperidine rings is 1. The number of rotatable bonds is 5. The van der Waals surface area contributed by atoms with Crippen molar-refractivity contribution in [1.29, 1.82) is 0 Å². The first kappa shape index (κ1) is 22.0. The zero-order valence-corrected chi connectivity index (χ0v) is 17.6. The minimum Gasteiger partial charge on any atom is -0.334 e. The van der Waals surface area contributed by atoms with Gasteiger partial charge in [-0.05, 0) is 56.3 Å². The first-order chi connectivity index (χ1) is 12.5. The molecule has 1 aromatic rings. The summed E-state index contributed by atoms with van der Waals surface area (Å²) >= 11 is 6.23. The van der Waals surface area contributed by atoms with Crippen LogP contribution >= 0.6 is 24.0 Å². The van der Waals surface area contributed by atoms with E-state index in [0.29, 0.717) is 36.2 Å². The smallest absolute Gasteiger partial charge is 0.249 e.